The van der Waals surface area contributed by atoms with E-state index in [0.717, 1.165) is 0 Å². The first kappa shape index (κ1) is 15.3. The van der Waals surface area contributed by atoms with E-state index >= 15 is 0 Å². The molecule has 5 nitrogen and oxygen atoms in total. The van der Waals surface area contributed by atoms with E-state index in [1.165, 1.54) is 0 Å². The van der Waals surface area contributed by atoms with Gasteiger partial charge in [-0.2, -0.15) is 0 Å². The highest BCUT2D eigenvalue weighted by molar-refractivity contribution is 5.83. The maximum Gasteiger partial charge on any atom is 0.237 e. The summed E-state index contributed by atoms with van der Waals surface area (Å²) in [7, 11) is 0. The number of amides is 1. The second kappa shape index (κ2) is 6.43. The molecule has 19 heavy (non-hydrogen) atoms. The third-order valence-electron chi connectivity index (χ3n) is 2.75. The summed E-state index contributed by atoms with van der Waals surface area (Å²) in [4.78, 5) is 11.2. The van der Waals surface area contributed by atoms with Crippen molar-refractivity contribution >= 4 is 5.91 Å². The molecular weight excluding hydrogens is 244 g/mol. The Labute approximate surface area is 113 Å². The monoisotopic (exact) mass is 266 g/mol. The Hall–Kier alpha value is -1.75. The number of hydrogen-bond acceptors (Lipinski definition) is 4. The molecule has 0 bridgehead atoms. The fraction of sp³-hybridized carbons (Fsp3) is 0.500. The molecule has 0 saturated carbocycles. The highest BCUT2D eigenvalue weighted by atomic mass is 16.5. The van der Waals surface area contributed by atoms with Gasteiger partial charge in [-0.25, -0.2) is 0 Å². The average Bonchev–Trinajstić information content (AvgIpc) is 2.31. The van der Waals surface area contributed by atoms with Crippen LogP contribution >= 0.6 is 0 Å². The Morgan fingerprint density at radius 3 is 2.47 bits per heavy atom. The predicted octanol–water partition coefficient (Wildman–Crippen LogP) is 1.45. The van der Waals surface area contributed by atoms with Crippen LogP contribution in [-0.4, -0.2) is 24.2 Å². The van der Waals surface area contributed by atoms with Crippen molar-refractivity contribution in [2.45, 2.75) is 38.8 Å². The van der Waals surface area contributed by atoms with Gasteiger partial charge in [-0.1, -0.05) is 12.1 Å². The van der Waals surface area contributed by atoms with E-state index in [4.69, 9.17) is 20.9 Å². The molecule has 0 heterocycles. The number of hydrogen-bond donors (Lipinski definition) is 2. The van der Waals surface area contributed by atoms with E-state index in [0.29, 0.717) is 24.5 Å². The largest absolute Gasteiger partial charge is 0.490 e. The van der Waals surface area contributed by atoms with Crippen molar-refractivity contribution in [1.29, 1.82) is 0 Å². The van der Waals surface area contributed by atoms with Gasteiger partial charge in [-0.3, -0.25) is 4.79 Å². The minimum Gasteiger partial charge on any atom is -0.490 e. The molecule has 2 atom stereocenters. The van der Waals surface area contributed by atoms with Crippen molar-refractivity contribution < 1.29 is 14.3 Å². The normalized spacial score (nSPS) is 15.4. The summed E-state index contributed by atoms with van der Waals surface area (Å²) in [6, 6.07) is 7.39. The highest BCUT2D eigenvalue weighted by Gasteiger charge is 2.29. The second-order valence-corrected chi connectivity index (χ2v) is 4.79. The molecule has 0 fully saturated rings. The lowest BCUT2D eigenvalue weighted by Crippen LogP contribution is -2.51. The van der Waals surface area contributed by atoms with Gasteiger partial charge in [0.15, 0.2) is 11.5 Å². The first-order valence-corrected chi connectivity index (χ1v) is 6.34. The van der Waals surface area contributed by atoms with Crippen LogP contribution in [0.5, 0.6) is 11.5 Å². The van der Waals surface area contributed by atoms with Gasteiger partial charge in [0, 0.05) is 6.42 Å². The zero-order chi connectivity index (χ0) is 14.5. The molecule has 0 aromatic heterocycles. The van der Waals surface area contributed by atoms with Gasteiger partial charge in [-0.05, 0) is 32.9 Å². The van der Waals surface area contributed by atoms with Crippen molar-refractivity contribution in [2.24, 2.45) is 11.5 Å². The van der Waals surface area contributed by atoms with Gasteiger partial charge < -0.3 is 20.9 Å². The zero-order valence-corrected chi connectivity index (χ0v) is 11.7. The van der Waals surface area contributed by atoms with Crippen molar-refractivity contribution in [3.63, 3.8) is 0 Å². The fourth-order valence-electron chi connectivity index (χ4n) is 1.78. The predicted molar refractivity (Wildman–Crippen MR) is 74.1 cm³/mol. The molecule has 5 heteroatoms. The summed E-state index contributed by atoms with van der Waals surface area (Å²) in [5.74, 6) is 0.771. The van der Waals surface area contributed by atoms with E-state index in [1.54, 1.807) is 6.92 Å². The van der Waals surface area contributed by atoms with Gasteiger partial charge in [0.25, 0.3) is 0 Å². The topological polar surface area (TPSA) is 87.6 Å². The van der Waals surface area contributed by atoms with Gasteiger partial charge in [0.05, 0.1) is 18.2 Å². The molecule has 0 spiro atoms. The quantitative estimate of drug-likeness (QED) is 0.781. The lowest BCUT2D eigenvalue weighted by Gasteiger charge is -2.25. The zero-order valence-electron chi connectivity index (χ0n) is 11.7. The molecule has 4 N–H and O–H groups in total. The summed E-state index contributed by atoms with van der Waals surface area (Å²) in [6.45, 7) is 5.91. The van der Waals surface area contributed by atoms with E-state index in [2.05, 4.69) is 0 Å². The maximum atomic E-state index is 11.2. The van der Waals surface area contributed by atoms with Crippen LogP contribution in [0.3, 0.4) is 0 Å². The van der Waals surface area contributed by atoms with Crippen molar-refractivity contribution in [3.8, 4) is 11.5 Å². The third-order valence-corrected chi connectivity index (χ3v) is 2.75. The minimum atomic E-state index is -1.08. The van der Waals surface area contributed by atoms with Gasteiger partial charge in [0.2, 0.25) is 5.91 Å². The fourth-order valence-corrected chi connectivity index (χ4v) is 1.78. The SMILES string of the molecule is CCOc1ccccc1OC(C)CC(C)(N)C(N)=O. The molecule has 0 aliphatic heterocycles. The second-order valence-electron chi connectivity index (χ2n) is 4.79. The molecular formula is C14H22N2O3. The van der Waals surface area contributed by atoms with Crippen LogP contribution in [0.1, 0.15) is 27.2 Å². The lowest BCUT2D eigenvalue weighted by molar-refractivity contribution is -0.123. The van der Waals surface area contributed by atoms with Gasteiger partial charge >= 0.3 is 0 Å². The molecule has 1 aromatic rings. The van der Waals surface area contributed by atoms with Crippen molar-refractivity contribution in [2.75, 3.05) is 6.61 Å². The molecule has 0 aliphatic carbocycles. The molecule has 1 rings (SSSR count). The average molecular weight is 266 g/mol. The summed E-state index contributed by atoms with van der Waals surface area (Å²) in [5.41, 5.74) is 9.99. The molecule has 0 radical (unpaired) electrons. The Bertz CT molecular complexity index is 432. The Morgan fingerprint density at radius 1 is 1.37 bits per heavy atom. The number of ether oxygens (including phenoxy) is 2. The molecule has 0 saturated heterocycles. The van der Waals surface area contributed by atoms with Crippen LogP contribution in [-0.2, 0) is 4.79 Å². The number of benzene rings is 1. The molecule has 0 aliphatic rings. The van der Waals surface area contributed by atoms with Crippen LogP contribution in [0.15, 0.2) is 24.3 Å². The van der Waals surface area contributed by atoms with Crippen molar-refractivity contribution in [3.05, 3.63) is 24.3 Å². The van der Waals surface area contributed by atoms with E-state index in [9.17, 15) is 4.79 Å². The number of rotatable bonds is 7. The van der Waals surface area contributed by atoms with E-state index in [1.807, 2.05) is 38.1 Å². The summed E-state index contributed by atoms with van der Waals surface area (Å²) >= 11 is 0. The van der Waals surface area contributed by atoms with Gasteiger partial charge in [-0.15, -0.1) is 0 Å². The number of nitrogens with two attached hydrogens (primary N) is 2. The molecule has 2 unspecified atom stereocenters. The third kappa shape index (κ3) is 4.44. The van der Waals surface area contributed by atoms with E-state index < -0.39 is 11.4 Å². The minimum absolute atomic E-state index is 0.246. The van der Waals surface area contributed by atoms with Crippen LogP contribution in [0, 0.1) is 0 Å². The Balaban J connectivity index is 2.72. The highest BCUT2D eigenvalue weighted by Crippen LogP contribution is 2.28. The first-order valence-electron chi connectivity index (χ1n) is 6.34. The van der Waals surface area contributed by atoms with Crippen molar-refractivity contribution in [1.82, 2.24) is 0 Å². The van der Waals surface area contributed by atoms with Crippen LogP contribution < -0.4 is 20.9 Å². The summed E-state index contributed by atoms with van der Waals surface area (Å²) < 4.78 is 11.2. The number of primary amides is 1. The van der Waals surface area contributed by atoms with Crippen LogP contribution in [0.25, 0.3) is 0 Å². The molecule has 1 aromatic carbocycles. The summed E-state index contributed by atoms with van der Waals surface area (Å²) in [5, 5.41) is 0. The molecule has 1 amide bonds. The van der Waals surface area contributed by atoms with Crippen LogP contribution in [0.2, 0.25) is 0 Å². The Morgan fingerprint density at radius 2 is 1.95 bits per heavy atom. The number of carbonyl (C=O) groups is 1. The smallest absolute Gasteiger partial charge is 0.237 e. The first-order chi connectivity index (χ1) is 8.86. The number of para-hydroxylation sites is 2. The molecule has 106 valence electrons. The van der Waals surface area contributed by atoms with Crippen LogP contribution in [0.4, 0.5) is 0 Å². The van der Waals surface area contributed by atoms with E-state index in [-0.39, 0.29) is 6.10 Å². The number of carbonyl (C=O) groups excluding carboxylic acids is 1. The van der Waals surface area contributed by atoms with Gasteiger partial charge in [0.1, 0.15) is 0 Å². The standard InChI is InChI=1S/C14H22N2O3/c1-4-18-11-7-5-6-8-12(11)19-10(2)9-14(3,16)13(15)17/h5-8,10H,4,9,16H2,1-3H3,(H2,15,17). The Kier molecular flexibility index (Phi) is 5.18. The lowest BCUT2D eigenvalue weighted by atomic mass is 9.95. The summed E-state index contributed by atoms with van der Waals surface area (Å²) in [6.07, 6.45) is 0.0899. The maximum absolute atomic E-state index is 11.2.